The number of carbonyl (C=O) groups is 2. The van der Waals surface area contributed by atoms with Gasteiger partial charge in [0, 0.05) is 5.69 Å². The maximum Gasteiger partial charge on any atom is 0.313 e. The number of nitrogens with zero attached hydrogens (tertiary/aromatic N) is 1. The van der Waals surface area contributed by atoms with Crippen molar-refractivity contribution < 1.29 is 23.5 Å². The molecule has 2 aromatic rings. The zero-order chi connectivity index (χ0) is 15.4. The molecule has 0 aliphatic carbocycles. The lowest BCUT2D eigenvalue weighted by Gasteiger charge is -2.04. The first-order chi connectivity index (χ1) is 9.95. The summed E-state index contributed by atoms with van der Waals surface area (Å²) >= 11 is 0.969. The summed E-state index contributed by atoms with van der Waals surface area (Å²) in [7, 11) is 0. The van der Waals surface area contributed by atoms with Crippen molar-refractivity contribution in [2.75, 3.05) is 16.8 Å². The Hall–Kier alpha value is -2.16. The van der Waals surface area contributed by atoms with E-state index >= 15 is 0 Å². The molecule has 0 radical (unpaired) electrons. The minimum Gasteiger partial charge on any atom is -0.481 e. The number of carbonyl (C=O) groups excluding carboxylic acids is 1. The normalized spacial score (nSPS) is 11.0. The van der Waals surface area contributed by atoms with Crippen molar-refractivity contribution in [1.82, 2.24) is 9.97 Å². The molecule has 0 saturated carbocycles. The number of alkyl halides is 2. The molecule has 3 N–H and O–H groups in total. The molecule has 0 aliphatic heterocycles. The first-order valence-corrected chi connectivity index (χ1v) is 6.98. The number of carboxylic acid groups (broad SMARTS) is 1. The second kappa shape index (κ2) is 6.53. The first-order valence-electron chi connectivity index (χ1n) is 5.83. The van der Waals surface area contributed by atoms with Crippen LogP contribution in [-0.2, 0) is 9.59 Å². The average molecular weight is 315 g/mol. The largest absolute Gasteiger partial charge is 0.481 e. The maximum absolute atomic E-state index is 12.5. The Morgan fingerprint density at radius 3 is 2.81 bits per heavy atom. The highest BCUT2D eigenvalue weighted by molar-refractivity contribution is 8.00. The average Bonchev–Trinajstić information content (AvgIpc) is 2.81. The Bertz CT molecular complexity index is 675. The van der Waals surface area contributed by atoms with Crippen molar-refractivity contribution in [2.24, 2.45) is 0 Å². The SMILES string of the molecule is O=C(O)CSCC(=O)Nc1ccc2nc(C(F)F)[nH]c2c1. The third-order valence-electron chi connectivity index (χ3n) is 2.45. The van der Waals surface area contributed by atoms with Crippen LogP contribution in [0.4, 0.5) is 14.5 Å². The molecule has 21 heavy (non-hydrogen) atoms. The van der Waals surface area contributed by atoms with Crippen LogP contribution >= 0.6 is 11.8 Å². The Morgan fingerprint density at radius 2 is 2.14 bits per heavy atom. The third-order valence-corrected chi connectivity index (χ3v) is 3.37. The highest BCUT2D eigenvalue weighted by Crippen LogP contribution is 2.22. The number of aromatic nitrogens is 2. The van der Waals surface area contributed by atoms with Gasteiger partial charge in [-0.05, 0) is 18.2 Å². The third kappa shape index (κ3) is 4.15. The van der Waals surface area contributed by atoms with E-state index in [9.17, 15) is 18.4 Å². The number of halogens is 2. The lowest BCUT2D eigenvalue weighted by molar-refractivity contribution is -0.133. The van der Waals surface area contributed by atoms with Crippen molar-refractivity contribution in [1.29, 1.82) is 0 Å². The van der Waals surface area contributed by atoms with E-state index in [0.717, 1.165) is 11.8 Å². The van der Waals surface area contributed by atoms with Gasteiger partial charge in [0.1, 0.15) is 0 Å². The maximum atomic E-state index is 12.5. The number of thioether (sulfide) groups is 1. The highest BCUT2D eigenvalue weighted by atomic mass is 32.2. The predicted molar refractivity (Wildman–Crippen MR) is 74.6 cm³/mol. The van der Waals surface area contributed by atoms with Crippen LogP contribution in [0.15, 0.2) is 18.2 Å². The summed E-state index contributed by atoms with van der Waals surface area (Å²) in [5.41, 5.74) is 1.19. The van der Waals surface area contributed by atoms with Crippen LogP contribution in [0.3, 0.4) is 0 Å². The topological polar surface area (TPSA) is 95.1 Å². The van der Waals surface area contributed by atoms with Crippen LogP contribution in [0.2, 0.25) is 0 Å². The monoisotopic (exact) mass is 315 g/mol. The number of hydrogen-bond donors (Lipinski definition) is 3. The Balaban J connectivity index is 2.02. The van der Waals surface area contributed by atoms with Crippen LogP contribution in [0.5, 0.6) is 0 Å². The Labute approximate surface area is 121 Å². The number of H-pyrrole nitrogens is 1. The summed E-state index contributed by atoms with van der Waals surface area (Å²) in [6.07, 6.45) is -2.69. The number of benzene rings is 1. The van der Waals surface area contributed by atoms with Gasteiger partial charge >= 0.3 is 5.97 Å². The van der Waals surface area contributed by atoms with Gasteiger partial charge in [-0.15, -0.1) is 11.8 Å². The number of fused-ring (bicyclic) bond motifs is 1. The van der Waals surface area contributed by atoms with Crippen LogP contribution in [0.1, 0.15) is 12.2 Å². The lowest BCUT2D eigenvalue weighted by atomic mass is 10.3. The molecular formula is C12H11F2N3O3S. The Kier molecular flexibility index (Phi) is 4.73. The number of aliphatic carboxylic acids is 1. The number of anilines is 1. The van der Waals surface area contributed by atoms with Gasteiger partial charge in [-0.1, -0.05) is 0 Å². The minimum absolute atomic E-state index is 0.00437. The van der Waals surface area contributed by atoms with Gasteiger partial charge in [0.25, 0.3) is 6.43 Å². The van der Waals surface area contributed by atoms with E-state index in [-0.39, 0.29) is 17.4 Å². The van der Waals surface area contributed by atoms with E-state index in [0.29, 0.717) is 16.7 Å². The Morgan fingerprint density at radius 1 is 1.38 bits per heavy atom. The van der Waals surface area contributed by atoms with E-state index in [2.05, 4.69) is 15.3 Å². The van der Waals surface area contributed by atoms with E-state index in [1.807, 2.05) is 0 Å². The van der Waals surface area contributed by atoms with Crippen molar-refractivity contribution in [3.8, 4) is 0 Å². The van der Waals surface area contributed by atoms with Gasteiger partial charge in [-0.25, -0.2) is 13.8 Å². The predicted octanol–water partition coefficient (Wildman–Crippen LogP) is 2.26. The fourth-order valence-electron chi connectivity index (χ4n) is 1.64. The summed E-state index contributed by atoms with van der Waals surface area (Å²) in [4.78, 5) is 28.1. The standard InChI is InChI=1S/C12H11F2N3O3S/c13-11(14)12-16-7-2-1-6(3-8(7)17-12)15-9(18)4-21-5-10(19)20/h1-3,11H,4-5H2,(H,15,18)(H,16,17)(H,19,20). The van der Waals surface area contributed by atoms with Gasteiger partial charge in [0.2, 0.25) is 5.91 Å². The summed E-state index contributed by atoms with van der Waals surface area (Å²) in [5, 5.41) is 11.0. The van der Waals surface area contributed by atoms with Crippen molar-refractivity contribution >= 4 is 40.4 Å². The number of amides is 1. The molecular weight excluding hydrogens is 304 g/mol. The fourth-order valence-corrected chi connectivity index (χ4v) is 2.17. The highest BCUT2D eigenvalue weighted by Gasteiger charge is 2.13. The van der Waals surface area contributed by atoms with Crippen LogP contribution < -0.4 is 5.32 Å². The number of imidazole rings is 1. The molecule has 112 valence electrons. The lowest BCUT2D eigenvalue weighted by Crippen LogP contribution is -2.15. The molecule has 0 saturated heterocycles. The van der Waals surface area contributed by atoms with Gasteiger partial charge in [0.15, 0.2) is 5.82 Å². The number of rotatable bonds is 6. The first kappa shape index (κ1) is 15.2. The van der Waals surface area contributed by atoms with E-state index in [1.165, 1.54) is 18.2 Å². The summed E-state index contributed by atoms with van der Waals surface area (Å²) < 4.78 is 25.0. The fraction of sp³-hybridized carbons (Fsp3) is 0.250. The number of aromatic amines is 1. The van der Waals surface area contributed by atoms with Crippen LogP contribution in [0, 0.1) is 0 Å². The molecule has 6 nitrogen and oxygen atoms in total. The minimum atomic E-state index is -2.69. The molecule has 2 rings (SSSR count). The van der Waals surface area contributed by atoms with Gasteiger partial charge < -0.3 is 15.4 Å². The second-order valence-corrected chi connectivity index (χ2v) is 5.07. The smallest absolute Gasteiger partial charge is 0.313 e. The molecule has 0 bridgehead atoms. The van der Waals surface area contributed by atoms with Crippen molar-refractivity contribution in [3.05, 3.63) is 24.0 Å². The zero-order valence-electron chi connectivity index (χ0n) is 10.6. The summed E-state index contributed by atoms with van der Waals surface area (Å²) in [5.74, 6) is -1.95. The van der Waals surface area contributed by atoms with Crippen molar-refractivity contribution in [2.45, 2.75) is 6.43 Å². The molecule has 9 heteroatoms. The number of carboxylic acids is 1. The van der Waals surface area contributed by atoms with E-state index < -0.39 is 18.2 Å². The van der Waals surface area contributed by atoms with Gasteiger partial charge in [-0.3, -0.25) is 9.59 Å². The van der Waals surface area contributed by atoms with Crippen LogP contribution in [-0.4, -0.2) is 38.5 Å². The summed E-state index contributed by atoms with van der Waals surface area (Å²) in [6, 6.07) is 4.55. The molecule has 1 heterocycles. The quantitative estimate of drug-likeness (QED) is 0.760. The van der Waals surface area contributed by atoms with Gasteiger partial charge in [-0.2, -0.15) is 0 Å². The molecule has 0 atom stereocenters. The number of nitrogens with one attached hydrogen (secondary N) is 2. The molecule has 0 aliphatic rings. The molecule has 1 aromatic heterocycles. The number of hydrogen-bond acceptors (Lipinski definition) is 4. The molecule has 0 fully saturated rings. The van der Waals surface area contributed by atoms with Crippen LogP contribution in [0.25, 0.3) is 11.0 Å². The van der Waals surface area contributed by atoms with Gasteiger partial charge in [0.05, 0.1) is 22.5 Å². The van der Waals surface area contributed by atoms with Crippen molar-refractivity contribution in [3.63, 3.8) is 0 Å². The zero-order valence-corrected chi connectivity index (χ0v) is 11.4. The molecule has 0 spiro atoms. The second-order valence-electron chi connectivity index (χ2n) is 4.09. The molecule has 1 amide bonds. The van der Waals surface area contributed by atoms with E-state index in [4.69, 9.17) is 5.11 Å². The molecule has 1 aromatic carbocycles. The molecule has 0 unspecified atom stereocenters. The van der Waals surface area contributed by atoms with E-state index in [1.54, 1.807) is 0 Å². The summed E-state index contributed by atoms with van der Waals surface area (Å²) in [6.45, 7) is 0.